The number of fused-ring (bicyclic) bond motifs is 1. The zero-order valence-electron chi connectivity index (χ0n) is 18.7. The van der Waals surface area contributed by atoms with E-state index in [1.807, 2.05) is 4.90 Å². The fourth-order valence-corrected chi connectivity index (χ4v) is 5.12. The number of hydrogen-bond acceptors (Lipinski definition) is 5. The lowest BCUT2D eigenvalue weighted by molar-refractivity contribution is -0.135. The highest BCUT2D eigenvalue weighted by molar-refractivity contribution is 5.92. The molecule has 0 radical (unpaired) electrons. The number of nitrogens with one attached hydrogen (secondary N) is 2. The van der Waals surface area contributed by atoms with Gasteiger partial charge in [0.25, 0.3) is 5.91 Å². The van der Waals surface area contributed by atoms with Gasteiger partial charge in [-0.1, -0.05) is 29.4 Å². The van der Waals surface area contributed by atoms with E-state index in [0.29, 0.717) is 30.5 Å². The maximum absolute atomic E-state index is 13.1. The molecule has 1 aromatic heterocycles. The third kappa shape index (κ3) is 4.72. The minimum absolute atomic E-state index is 0.0500. The average molecular weight is 437 g/mol. The van der Waals surface area contributed by atoms with Crippen LogP contribution in [-0.2, 0) is 17.8 Å². The van der Waals surface area contributed by atoms with E-state index in [1.165, 1.54) is 11.1 Å². The van der Waals surface area contributed by atoms with Crippen molar-refractivity contribution in [3.8, 4) is 0 Å². The second kappa shape index (κ2) is 9.06. The zero-order valence-corrected chi connectivity index (χ0v) is 18.7. The Morgan fingerprint density at radius 3 is 2.81 bits per heavy atom. The second-order valence-electron chi connectivity index (χ2n) is 9.69. The predicted molar refractivity (Wildman–Crippen MR) is 120 cm³/mol. The molecule has 3 aliphatic rings. The number of amides is 2. The number of likely N-dealkylation sites (tertiary alicyclic amines) is 1. The summed E-state index contributed by atoms with van der Waals surface area (Å²) < 4.78 is 5.30. The second-order valence-corrected chi connectivity index (χ2v) is 9.69. The first-order valence-corrected chi connectivity index (χ1v) is 11.9. The first-order valence-electron chi connectivity index (χ1n) is 11.9. The SMILES string of the molecule is C[C@@H]1C[C@@H](NC(=O)c2cc(C3CC3)on2)CCN1C(=O)CC1CNCc2ccccc2C1. The summed E-state index contributed by atoms with van der Waals surface area (Å²) in [6.07, 6.45) is 5.26. The standard InChI is InChI=1S/C25H32N4O3/c1-16-10-21(27-25(31)22-13-23(32-28-22)18-6-7-18)8-9-29(16)24(30)12-17-11-19-4-2-3-5-20(19)15-26-14-17/h2-5,13,16-18,21,26H,6-12,14-15H2,1H3,(H,27,31)/t16-,17?,21+/m1/s1. The van der Waals surface area contributed by atoms with Crippen LogP contribution < -0.4 is 10.6 Å². The highest BCUT2D eigenvalue weighted by Gasteiger charge is 2.32. The van der Waals surface area contributed by atoms with Crippen LogP contribution in [0.15, 0.2) is 34.9 Å². The van der Waals surface area contributed by atoms with Gasteiger partial charge < -0.3 is 20.1 Å². The third-order valence-electron chi connectivity index (χ3n) is 7.11. The molecule has 7 heteroatoms. The molecule has 1 saturated heterocycles. The molecule has 1 aromatic carbocycles. The van der Waals surface area contributed by atoms with Crippen molar-refractivity contribution in [3.63, 3.8) is 0 Å². The number of carbonyl (C=O) groups is 2. The van der Waals surface area contributed by atoms with E-state index in [4.69, 9.17) is 4.52 Å². The van der Waals surface area contributed by atoms with Crippen molar-refractivity contribution in [3.05, 3.63) is 52.9 Å². The molecule has 0 spiro atoms. The Labute approximate surface area is 188 Å². The first-order chi connectivity index (χ1) is 15.6. The highest BCUT2D eigenvalue weighted by Crippen LogP contribution is 2.40. The molecule has 3 heterocycles. The fourth-order valence-electron chi connectivity index (χ4n) is 5.12. The van der Waals surface area contributed by atoms with Crippen LogP contribution in [0.1, 0.15) is 72.3 Å². The smallest absolute Gasteiger partial charge is 0.273 e. The summed E-state index contributed by atoms with van der Waals surface area (Å²) in [4.78, 5) is 27.7. The Balaban J connectivity index is 1.13. The van der Waals surface area contributed by atoms with Crippen molar-refractivity contribution in [2.75, 3.05) is 13.1 Å². The molecule has 7 nitrogen and oxygen atoms in total. The first kappa shape index (κ1) is 21.2. The van der Waals surface area contributed by atoms with Gasteiger partial charge in [-0.15, -0.1) is 0 Å². The summed E-state index contributed by atoms with van der Waals surface area (Å²) in [5.74, 6) is 1.61. The average Bonchev–Trinajstić information content (AvgIpc) is 3.54. The van der Waals surface area contributed by atoms with Gasteiger partial charge in [-0.2, -0.15) is 0 Å². The van der Waals surface area contributed by atoms with Crippen molar-refractivity contribution < 1.29 is 14.1 Å². The normalized spacial score (nSPS) is 25.7. The molecule has 2 N–H and O–H groups in total. The van der Waals surface area contributed by atoms with E-state index in [1.54, 1.807) is 6.07 Å². The number of nitrogens with zero attached hydrogens (tertiary/aromatic N) is 2. The molecule has 1 aliphatic carbocycles. The number of piperidine rings is 1. The van der Waals surface area contributed by atoms with Gasteiger partial charge in [-0.3, -0.25) is 9.59 Å². The lowest BCUT2D eigenvalue weighted by Crippen LogP contribution is -2.51. The van der Waals surface area contributed by atoms with Crippen molar-refractivity contribution in [2.24, 2.45) is 5.92 Å². The summed E-state index contributed by atoms with van der Waals surface area (Å²) in [5.41, 5.74) is 3.05. The van der Waals surface area contributed by atoms with Gasteiger partial charge in [0.05, 0.1) is 0 Å². The minimum Gasteiger partial charge on any atom is -0.360 e. The monoisotopic (exact) mass is 436 g/mol. The largest absolute Gasteiger partial charge is 0.360 e. The van der Waals surface area contributed by atoms with Crippen LogP contribution in [0.5, 0.6) is 0 Å². The molecule has 3 atom stereocenters. The molecule has 170 valence electrons. The molecule has 2 aromatic rings. The predicted octanol–water partition coefficient (Wildman–Crippen LogP) is 3.01. The number of benzene rings is 1. The van der Waals surface area contributed by atoms with E-state index in [0.717, 1.165) is 51.0 Å². The molecule has 5 rings (SSSR count). The molecule has 2 fully saturated rings. The zero-order chi connectivity index (χ0) is 22.1. The summed E-state index contributed by atoms with van der Waals surface area (Å²) in [5, 5.41) is 10.5. The van der Waals surface area contributed by atoms with Crippen LogP contribution in [0.2, 0.25) is 0 Å². The van der Waals surface area contributed by atoms with E-state index in [2.05, 4.69) is 47.0 Å². The van der Waals surface area contributed by atoms with Gasteiger partial charge in [0.2, 0.25) is 5.91 Å². The van der Waals surface area contributed by atoms with E-state index >= 15 is 0 Å². The number of hydrogen-bond donors (Lipinski definition) is 2. The Hall–Kier alpha value is -2.67. The number of carbonyl (C=O) groups excluding carboxylic acids is 2. The van der Waals surface area contributed by atoms with Gasteiger partial charge >= 0.3 is 0 Å². The Kier molecular flexibility index (Phi) is 6.00. The van der Waals surface area contributed by atoms with Gasteiger partial charge in [-0.05, 0) is 62.6 Å². The molecular weight excluding hydrogens is 404 g/mol. The van der Waals surface area contributed by atoms with Crippen LogP contribution >= 0.6 is 0 Å². The highest BCUT2D eigenvalue weighted by atomic mass is 16.5. The maximum Gasteiger partial charge on any atom is 0.273 e. The van der Waals surface area contributed by atoms with Gasteiger partial charge in [0.15, 0.2) is 5.69 Å². The summed E-state index contributed by atoms with van der Waals surface area (Å²) >= 11 is 0. The summed E-state index contributed by atoms with van der Waals surface area (Å²) in [6.45, 7) is 4.49. The van der Waals surface area contributed by atoms with E-state index < -0.39 is 0 Å². The molecule has 2 aliphatic heterocycles. The molecule has 2 amide bonds. The maximum atomic E-state index is 13.1. The third-order valence-corrected chi connectivity index (χ3v) is 7.11. The quantitative estimate of drug-likeness (QED) is 0.752. The van der Waals surface area contributed by atoms with Crippen LogP contribution in [0.4, 0.5) is 0 Å². The van der Waals surface area contributed by atoms with Crippen LogP contribution in [-0.4, -0.2) is 47.0 Å². The van der Waals surface area contributed by atoms with Gasteiger partial charge in [-0.25, -0.2) is 0 Å². The molecular formula is C25H32N4O3. The molecule has 32 heavy (non-hydrogen) atoms. The van der Waals surface area contributed by atoms with Crippen molar-refractivity contribution in [2.45, 2.75) is 70.0 Å². The lowest BCUT2D eigenvalue weighted by Gasteiger charge is -2.38. The van der Waals surface area contributed by atoms with Crippen molar-refractivity contribution in [1.29, 1.82) is 0 Å². The van der Waals surface area contributed by atoms with Crippen molar-refractivity contribution in [1.82, 2.24) is 20.7 Å². The summed E-state index contributed by atoms with van der Waals surface area (Å²) in [6, 6.07) is 10.4. The van der Waals surface area contributed by atoms with Gasteiger partial charge in [0, 0.05) is 43.6 Å². The lowest BCUT2D eigenvalue weighted by atomic mass is 9.92. The van der Waals surface area contributed by atoms with E-state index in [-0.39, 0.29) is 23.9 Å². The van der Waals surface area contributed by atoms with E-state index in [9.17, 15) is 9.59 Å². The molecule has 1 saturated carbocycles. The molecule has 1 unspecified atom stereocenters. The topological polar surface area (TPSA) is 87.5 Å². The van der Waals surface area contributed by atoms with Crippen LogP contribution in [0, 0.1) is 5.92 Å². The van der Waals surface area contributed by atoms with Crippen LogP contribution in [0.25, 0.3) is 0 Å². The summed E-state index contributed by atoms with van der Waals surface area (Å²) in [7, 11) is 0. The van der Waals surface area contributed by atoms with Crippen molar-refractivity contribution >= 4 is 11.8 Å². The Morgan fingerprint density at radius 1 is 1.22 bits per heavy atom. The number of rotatable bonds is 5. The number of aromatic nitrogens is 1. The Morgan fingerprint density at radius 2 is 2.03 bits per heavy atom. The minimum atomic E-state index is -0.180. The van der Waals surface area contributed by atoms with Gasteiger partial charge in [0.1, 0.15) is 5.76 Å². The Bertz CT molecular complexity index is 983. The van der Waals surface area contributed by atoms with Crippen LogP contribution in [0.3, 0.4) is 0 Å². The molecule has 0 bridgehead atoms. The fraction of sp³-hybridized carbons (Fsp3) is 0.560.